The van der Waals surface area contributed by atoms with E-state index >= 15 is 0 Å². The molecule has 0 aromatic carbocycles. The molecule has 0 aliphatic carbocycles. The fraction of sp³-hybridized carbons (Fsp3) is 0.933. The van der Waals surface area contributed by atoms with E-state index in [0.717, 1.165) is 25.8 Å². The van der Waals surface area contributed by atoms with Crippen molar-refractivity contribution in [1.82, 2.24) is 5.32 Å². The summed E-state index contributed by atoms with van der Waals surface area (Å²) in [6.07, 6.45) is 13.6. The molecule has 18 heavy (non-hydrogen) atoms. The molecule has 1 N–H and O–H groups in total. The normalized spacial score (nSPS) is 9.89. The van der Waals surface area contributed by atoms with Crippen molar-refractivity contribution in [2.75, 3.05) is 6.54 Å². The molecule has 0 saturated carbocycles. The number of hydrogen-bond acceptors (Lipinski definition) is 1. The van der Waals surface area contributed by atoms with Gasteiger partial charge in [-0.15, -0.1) is 0 Å². The summed E-state index contributed by atoms with van der Waals surface area (Å²) in [5.41, 5.74) is 0. The van der Waals surface area contributed by atoms with Crippen LogP contribution in [0.4, 0.5) is 0 Å². The van der Waals surface area contributed by atoms with Crippen LogP contribution in [0.1, 0.15) is 84.5 Å². The molecule has 0 aliphatic rings. The Bertz CT molecular complexity index is 174. The van der Waals surface area contributed by atoms with E-state index < -0.39 is 0 Å². The molecule has 3 heteroatoms. The van der Waals surface area contributed by atoms with Crippen LogP contribution in [0.25, 0.3) is 0 Å². The molecular formula is C15H32NNaO. The molecule has 0 bridgehead atoms. The molecule has 0 fully saturated rings. The predicted molar refractivity (Wildman–Crippen MR) is 82.3 cm³/mol. The SMILES string of the molecule is CCCCCCCCCCCC(=O)NCCC.[NaH]. The van der Waals surface area contributed by atoms with Crippen LogP contribution in [0, 0.1) is 0 Å². The molecule has 1 amide bonds. The zero-order valence-electron chi connectivity index (χ0n) is 11.9. The third-order valence-corrected chi connectivity index (χ3v) is 3.08. The Morgan fingerprint density at radius 3 is 1.78 bits per heavy atom. The predicted octanol–water partition coefficient (Wildman–Crippen LogP) is 3.79. The first-order valence-electron chi connectivity index (χ1n) is 7.58. The Kier molecular flexibility index (Phi) is 20.2. The van der Waals surface area contributed by atoms with Crippen LogP contribution in [0.15, 0.2) is 0 Å². The van der Waals surface area contributed by atoms with Crippen molar-refractivity contribution >= 4 is 35.5 Å². The third-order valence-electron chi connectivity index (χ3n) is 3.08. The molecule has 0 aliphatic heterocycles. The molecule has 0 aromatic rings. The van der Waals surface area contributed by atoms with Crippen molar-refractivity contribution in [2.45, 2.75) is 84.5 Å². The molecule has 0 atom stereocenters. The maximum atomic E-state index is 11.3. The Labute approximate surface area is 136 Å². The first-order valence-corrected chi connectivity index (χ1v) is 7.58. The van der Waals surface area contributed by atoms with Gasteiger partial charge in [-0.1, -0.05) is 65.2 Å². The fourth-order valence-corrected chi connectivity index (χ4v) is 1.95. The van der Waals surface area contributed by atoms with E-state index in [1.54, 1.807) is 0 Å². The van der Waals surface area contributed by atoms with Gasteiger partial charge in [-0.05, 0) is 12.8 Å². The zero-order chi connectivity index (χ0) is 12.8. The van der Waals surface area contributed by atoms with Gasteiger partial charge in [0.25, 0.3) is 0 Å². The van der Waals surface area contributed by atoms with E-state index in [-0.39, 0.29) is 35.5 Å². The summed E-state index contributed by atoms with van der Waals surface area (Å²) < 4.78 is 0. The van der Waals surface area contributed by atoms with Crippen molar-refractivity contribution in [3.8, 4) is 0 Å². The van der Waals surface area contributed by atoms with Crippen LogP contribution in [0.5, 0.6) is 0 Å². The zero-order valence-corrected chi connectivity index (χ0v) is 11.9. The van der Waals surface area contributed by atoms with Gasteiger partial charge in [-0.25, -0.2) is 0 Å². The van der Waals surface area contributed by atoms with E-state index in [1.165, 1.54) is 51.4 Å². The second-order valence-corrected chi connectivity index (χ2v) is 4.93. The molecule has 0 unspecified atom stereocenters. The fourth-order valence-electron chi connectivity index (χ4n) is 1.95. The van der Waals surface area contributed by atoms with Crippen LogP contribution in [0.2, 0.25) is 0 Å². The molecule has 0 spiro atoms. The Balaban J connectivity index is 0. The Hall–Kier alpha value is 0.470. The van der Waals surface area contributed by atoms with Gasteiger partial charge in [-0.2, -0.15) is 0 Å². The molecular weight excluding hydrogens is 233 g/mol. The molecule has 0 aromatic heterocycles. The van der Waals surface area contributed by atoms with Crippen LogP contribution < -0.4 is 5.32 Å². The minimum absolute atomic E-state index is 0. The van der Waals surface area contributed by atoms with Gasteiger partial charge >= 0.3 is 29.6 Å². The summed E-state index contributed by atoms with van der Waals surface area (Å²) in [5, 5.41) is 2.92. The molecule has 0 saturated heterocycles. The van der Waals surface area contributed by atoms with Crippen LogP contribution in [0.3, 0.4) is 0 Å². The second-order valence-electron chi connectivity index (χ2n) is 4.93. The van der Waals surface area contributed by atoms with Crippen LogP contribution in [-0.4, -0.2) is 42.0 Å². The quantitative estimate of drug-likeness (QED) is 0.422. The molecule has 0 heterocycles. The minimum atomic E-state index is 0. The van der Waals surface area contributed by atoms with Gasteiger partial charge in [0.05, 0.1) is 0 Å². The summed E-state index contributed by atoms with van der Waals surface area (Å²) in [7, 11) is 0. The first kappa shape index (κ1) is 20.8. The number of nitrogens with one attached hydrogen (secondary N) is 1. The van der Waals surface area contributed by atoms with Crippen molar-refractivity contribution in [3.63, 3.8) is 0 Å². The van der Waals surface area contributed by atoms with Gasteiger partial charge < -0.3 is 5.32 Å². The van der Waals surface area contributed by atoms with Gasteiger partial charge in [0.2, 0.25) is 5.91 Å². The summed E-state index contributed by atoms with van der Waals surface area (Å²) in [4.78, 5) is 11.3. The van der Waals surface area contributed by atoms with E-state index in [9.17, 15) is 4.79 Å². The average molecular weight is 265 g/mol. The van der Waals surface area contributed by atoms with Gasteiger partial charge in [-0.3, -0.25) is 4.79 Å². The van der Waals surface area contributed by atoms with Crippen LogP contribution in [-0.2, 0) is 4.79 Å². The van der Waals surface area contributed by atoms with Gasteiger partial charge in [0.15, 0.2) is 0 Å². The van der Waals surface area contributed by atoms with Crippen molar-refractivity contribution in [2.24, 2.45) is 0 Å². The van der Waals surface area contributed by atoms with Gasteiger partial charge in [0, 0.05) is 13.0 Å². The number of carbonyl (C=O) groups is 1. The number of carbonyl (C=O) groups excluding carboxylic acids is 1. The number of unbranched alkanes of at least 4 members (excludes halogenated alkanes) is 8. The Morgan fingerprint density at radius 1 is 0.778 bits per heavy atom. The van der Waals surface area contributed by atoms with Crippen molar-refractivity contribution < 1.29 is 4.79 Å². The summed E-state index contributed by atoms with van der Waals surface area (Å²) in [5.74, 6) is 0.231. The number of amides is 1. The summed E-state index contributed by atoms with van der Waals surface area (Å²) in [6.45, 7) is 5.17. The average Bonchev–Trinajstić information content (AvgIpc) is 2.34. The molecule has 104 valence electrons. The third kappa shape index (κ3) is 16.5. The van der Waals surface area contributed by atoms with Crippen molar-refractivity contribution in [1.29, 1.82) is 0 Å². The summed E-state index contributed by atoms with van der Waals surface area (Å²) in [6, 6.07) is 0. The number of hydrogen-bond donors (Lipinski definition) is 1. The monoisotopic (exact) mass is 265 g/mol. The molecule has 0 radical (unpaired) electrons. The number of rotatable bonds is 12. The van der Waals surface area contributed by atoms with E-state index in [4.69, 9.17) is 0 Å². The Morgan fingerprint density at radius 2 is 1.28 bits per heavy atom. The second kappa shape index (κ2) is 17.5. The maximum absolute atomic E-state index is 11.3. The van der Waals surface area contributed by atoms with Crippen LogP contribution >= 0.6 is 0 Å². The van der Waals surface area contributed by atoms with E-state index in [1.807, 2.05) is 0 Å². The van der Waals surface area contributed by atoms with E-state index in [0.29, 0.717) is 0 Å². The van der Waals surface area contributed by atoms with Crippen molar-refractivity contribution in [3.05, 3.63) is 0 Å². The molecule has 0 rings (SSSR count). The molecule has 2 nitrogen and oxygen atoms in total. The topological polar surface area (TPSA) is 29.1 Å². The standard InChI is InChI=1S/C15H31NO.Na.H/c1-3-5-6-7-8-9-10-11-12-13-15(17)16-14-4-2;;/h3-14H2,1-2H3,(H,16,17);;. The van der Waals surface area contributed by atoms with Gasteiger partial charge in [0.1, 0.15) is 0 Å². The first-order chi connectivity index (χ1) is 8.31. The summed E-state index contributed by atoms with van der Waals surface area (Å²) >= 11 is 0. The van der Waals surface area contributed by atoms with E-state index in [2.05, 4.69) is 19.2 Å².